The Morgan fingerprint density at radius 3 is 2.90 bits per heavy atom. The van der Waals surface area contributed by atoms with Gasteiger partial charge in [-0.2, -0.15) is 0 Å². The fourth-order valence-electron chi connectivity index (χ4n) is 2.47. The van der Waals surface area contributed by atoms with Gasteiger partial charge >= 0.3 is 0 Å². The lowest BCUT2D eigenvalue weighted by atomic mass is 9.97. The number of carbonyl (C=O) groups excluding carboxylic acids is 1. The molecule has 1 aliphatic rings. The van der Waals surface area contributed by atoms with Crippen LogP contribution in [0.5, 0.6) is 0 Å². The van der Waals surface area contributed by atoms with E-state index in [-0.39, 0.29) is 5.91 Å². The van der Waals surface area contributed by atoms with Gasteiger partial charge in [-0.05, 0) is 35.7 Å². The van der Waals surface area contributed by atoms with Crippen molar-refractivity contribution in [1.82, 2.24) is 0 Å². The summed E-state index contributed by atoms with van der Waals surface area (Å²) in [4.78, 5) is 11.3. The summed E-state index contributed by atoms with van der Waals surface area (Å²) in [5.74, 6) is 1.47. The van der Waals surface area contributed by atoms with Gasteiger partial charge in [0.15, 0.2) is 0 Å². The fourth-order valence-corrected chi connectivity index (χ4v) is 2.47. The summed E-state index contributed by atoms with van der Waals surface area (Å²) in [5.41, 5.74) is 2.69. The number of amides is 1. The van der Waals surface area contributed by atoms with Crippen LogP contribution in [0, 0.1) is 0 Å². The van der Waals surface area contributed by atoms with E-state index in [0.717, 1.165) is 29.0 Å². The van der Waals surface area contributed by atoms with Crippen molar-refractivity contribution in [3.8, 4) is 0 Å². The van der Waals surface area contributed by atoms with E-state index in [1.165, 1.54) is 0 Å². The Hall–Kier alpha value is -2.07. The lowest BCUT2D eigenvalue weighted by Gasteiger charge is -2.18. The Kier molecular flexibility index (Phi) is 3.32. The molecule has 1 aliphatic heterocycles. The number of rotatable bonds is 3. The van der Waals surface area contributed by atoms with E-state index >= 15 is 0 Å². The van der Waals surface area contributed by atoms with Crippen molar-refractivity contribution in [3.63, 3.8) is 0 Å². The van der Waals surface area contributed by atoms with Gasteiger partial charge in [0.1, 0.15) is 17.6 Å². The number of fused-ring (bicyclic) bond motifs is 1. The Morgan fingerprint density at radius 1 is 1.30 bits per heavy atom. The van der Waals surface area contributed by atoms with Crippen molar-refractivity contribution in [3.05, 3.63) is 53.0 Å². The van der Waals surface area contributed by atoms with Gasteiger partial charge < -0.3 is 14.8 Å². The molecule has 1 atom stereocenters. The van der Waals surface area contributed by atoms with E-state index in [4.69, 9.17) is 4.42 Å². The molecule has 4 nitrogen and oxygen atoms in total. The van der Waals surface area contributed by atoms with Crippen LogP contribution in [-0.4, -0.2) is 11.0 Å². The zero-order valence-corrected chi connectivity index (χ0v) is 11.3. The molecule has 0 saturated heterocycles. The number of aryl methyl sites for hydroxylation is 2. The molecule has 0 fully saturated rings. The number of aliphatic hydroxyl groups is 1. The normalized spacial score (nSPS) is 15.6. The molecule has 1 unspecified atom stereocenters. The fraction of sp³-hybridized carbons (Fsp3) is 0.312. The minimum Gasteiger partial charge on any atom is -0.463 e. The lowest BCUT2D eigenvalue weighted by Crippen LogP contribution is -2.19. The Morgan fingerprint density at radius 2 is 2.15 bits per heavy atom. The highest BCUT2D eigenvalue weighted by molar-refractivity contribution is 5.93. The summed E-state index contributed by atoms with van der Waals surface area (Å²) in [6.45, 7) is 2.01. The first-order chi connectivity index (χ1) is 9.67. The molecule has 104 valence electrons. The molecular formula is C16H17NO3. The molecule has 4 heteroatoms. The van der Waals surface area contributed by atoms with Gasteiger partial charge in [-0.15, -0.1) is 0 Å². The average Bonchev–Trinajstić information content (AvgIpc) is 2.95. The van der Waals surface area contributed by atoms with E-state index in [0.29, 0.717) is 18.6 Å². The van der Waals surface area contributed by atoms with Crippen LogP contribution in [0.1, 0.15) is 42.1 Å². The van der Waals surface area contributed by atoms with Crippen LogP contribution in [0.2, 0.25) is 0 Å². The lowest BCUT2D eigenvalue weighted by molar-refractivity contribution is -0.116. The summed E-state index contributed by atoms with van der Waals surface area (Å²) in [6, 6.07) is 9.30. The molecule has 0 saturated carbocycles. The first-order valence-electron chi connectivity index (χ1n) is 6.86. The van der Waals surface area contributed by atoms with Crippen molar-refractivity contribution >= 4 is 11.6 Å². The summed E-state index contributed by atoms with van der Waals surface area (Å²) in [7, 11) is 0. The van der Waals surface area contributed by atoms with Crippen LogP contribution in [-0.2, 0) is 17.6 Å². The Balaban J connectivity index is 1.88. The van der Waals surface area contributed by atoms with Crippen LogP contribution in [0.25, 0.3) is 0 Å². The van der Waals surface area contributed by atoms with Crippen molar-refractivity contribution in [1.29, 1.82) is 0 Å². The molecule has 1 aromatic heterocycles. The zero-order chi connectivity index (χ0) is 14.1. The molecule has 1 aromatic carbocycles. The maximum atomic E-state index is 11.3. The Bertz CT molecular complexity index is 645. The number of carbonyl (C=O) groups is 1. The standard InChI is InChI=1S/C16H17NO3/c1-2-12-5-7-14(20-12)16(19)11-3-6-13-10(9-11)4-8-15(18)17-13/h3,5-7,9,16,19H,2,4,8H2,1H3,(H,17,18). The maximum Gasteiger partial charge on any atom is 0.224 e. The molecule has 1 amide bonds. The highest BCUT2D eigenvalue weighted by atomic mass is 16.4. The monoisotopic (exact) mass is 271 g/mol. The second kappa shape index (κ2) is 5.13. The predicted molar refractivity (Wildman–Crippen MR) is 75.5 cm³/mol. The third-order valence-corrected chi connectivity index (χ3v) is 3.64. The largest absolute Gasteiger partial charge is 0.463 e. The third kappa shape index (κ3) is 2.34. The summed E-state index contributed by atoms with van der Waals surface area (Å²) < 4.78 is 5.59. The van der Waals surface area contributed by atoms with E-state index in [2.05, 4.69) is 5.32 Å². The number of benzene rings is 1. The van der Waals surface area contributed by atoms with Gasteiger partial charge in [0.2, 0.25) is 5.91 Å². The number of anilines is 1. The summed E-state index contributed by atoms with van der Waals surface area (Å²) in [6.07, 6.45) is 1.24. The highest BCUT2D eigenvalue weighted by Gasteiger charge is 2.19. The van der Waals surface area contributed by atoms with Gasteiger partial charge in [0.05, 0.1) is 0 Å². The van der Waals surface area contributed by atoms with E-state index in [1.54, 1.807) is 0 Å². The van der Waals surface area contributed by atoms with Gasteiger partial charge in [-0.1, -0.05) is 19.1 Å². The molecule has 0 radical (unpaired) electrons. The molecule has 2 heterocycles. The van der Waals surface area contributed by atoms with Crippen molar-refractivity contribution < 1.29 is 14.3 Å². The number of furan rings is 1. The van der Waals surface area contributed by atoms with E-state index in [1.807, 2.05) is 37.3 Å². The highest BCUT2D eigenvalue weighted by Crippen LogP contribution is 2.29. The van der Waals surface area contributed by atoms with Gasteiger partial charge in [-0.25, -0.2) is 0 Å². The molecular weight excluding hydrogens is 254 g/mol. The van der Waals surface area contributed by atoms with Crippen molar-refractivity contribution in [2.24, 2.45) is 0 Å². The molecule has 3 rings (SSSR count). The molecule has 0 bridgehead atoms. The quantitative estimate of drug-likeness (QED) is 0.902. The van der Waals surface area contributed by atoms with Crippen LogP contribution in [0.4, 0.5) is 5.69 Å². The number of aliphatic hydroxyl groups excluding tert-OH is 1. The topological polar surface area (TPSA) is 62.5 Å². The first-order valence-corrected chi connectivity index (χ1v) is 6.86. The van der Waals surface area contributed by atoms with Crippen LogP contribution in [0.15, 0.2) is 34.7 Å². The minimum atomic E-state index is -0.766. The second-order valence-corrected chi connectivity index (χ2v) is 5.02. The average molecular weight is 271 g/mol. The first kappa shape index (κ1) is 12.9. The smallest absolute Gasteiger partial charge is 0.224 e. The summed E-state index contributed by atoms with van der Waals surface area (Å²) in [5, 5.41) is 13.2. The Labute approximate surface area is 117 Å². The van der Waals surface area contributed by atoms with Crippen molar-refractivity contribution in [2.75, 3.05) is 5.32 Å². The number of hydrogen-bond acceptors (Lipinski definition) is 3. The molecule has 20 heavy (non-hydrogen) atoms. The molecule has 0 spiro atoms. The van der Waals surface area contributed by atoms with E-state index in [9.17, 15) is 9.90 Å². The molecule has 2 N–H and O–H groups in total. The maximum absolute atomic E-state index is 11.3. The van der Waals surface area contributed by atoms with E-state index < -0.39 is 6.10 Å². The molecule has 2 aromatic rings. The number of hydrogen-bond donors (Lipinski definition) is 2. The third-order valence-electron chi connectivity index (χ3n) is 3.64. The van der Waals surface area contributed by atoms with Crippen LogP contribution >= 0.6 is 0 Å². The van der Waals surface area contributed by atoms with Crippen LogP contribution < -0.4 is 5.32 Å². The molecule has 0 aliphatic carbocycles. The van der Waals surface area contributed by atoms with Gasteiger partial charge in [-0.3, -0.25) is 4.79 Å². The van der Waals surface area contributed by atoms with Gasteiger partial charge in [0.25, 0.3) is 0 Å². The number of nitrogens with one attached hydrogen (secondary N) is 1. The SMILES string of the molecule is CCc1ccc(C(O)c2ccc3c(c2)CCC(=O)N3)o1. The van der Waals surface area contributed by atoms with Gasteiger partial charge in [0, 0.05) is 18.5 Å². The zero-order valence-electron chi connectivity index (χ0n) is 11.3. The minimum absolute atomic E-state index is 0.0458. The van der Waals surface area contributed by atoms with Crippen LogP contribution in [0.3, 0.4) is 0 Å². The summed E-state index contributed by atoms with van der Waals surface area (Å²) >= 11 is 0. The predicted octanol–water partition coefficient (Wildman–Crippen LogP) is 2.81. The second-order valence-electron chi connectivity index (χ2n) is 5.02. The van der Waals surface area contributed by atoms with Crippen molar-refractivity contribution in [2.45, 2.75) is 32.3 Å².